The molecule has 0 bridgehead atoms. The molecule has 5 heteroatoms. The third-order valence-electron chi connectivity index (χ3n) is 1.97. The van der Waals surface area contributed by atoms with Gasteiger partial charge in [0.15, 0.2) is 0 Å². The van der Waals surface area contributed by atoms with Gasteiger partial charge in [-0.15, -0.1) is 4.33 Å². The molecule has 78 valence electrons. The van der Waals surface area contributed by atoms with Crippen LogP contribution in [-0.4, -0.2) is 10.4 Å². The summed E-state index contributed by atoms with van der Waals surface area (Å²) >= 11 is 0.817. The number of fused-ring (bicyclic) bond motifs is 1. The standard InChI is InChI=1S/C10H8O4S/c11-10-6-8(15-14-13-12)5-7-3-1-2-4-9(7)10/h1-6,11-12H. The number of hydrogen-bond donors (Lipinski definition) is 2. The lowest BCUT2D eigenvalue weighted by Gasteiger charge is -2.03. The van der Waals surface area contributed by atoms with Gasteiger partial charge < -0.3 is 5.11 Å². The number of phenolic OH excluding ortho intramolecular Hbond substituents is 1. The number of benzene rings is 2. The molecule has 4 nitrogen and oxygen atoms in total. The molecule has 2 aromatic carbocycles. The molecule has 0 saturated heterocycles. The number of hydrogen-bond acceptors (Lipinski definition) is 5. The number of aromatic hydroxyl groups is 1. The minimum absolute atomic E-state index is 0.164. The van der Waals surface area contributed by atoms with Crippen molar-refractivity contribution in [2.24, 2.45) is 0 Å². The lowest BCUT2D eigenvalue weighted by Crippen LogP contribution is -1.80. The van der Waals surface area contributed by atoms with Crippen LogP contribution in [0.1, 0.15) is 0 Å². The third-order valence-corrected chi connectivity index (χ3v) is 2.53. The van der Waals surface area contributed by atoms with Crippen molar-refractivity contribution in [2.75, 3.05) is 0 Å². The van der Waals surface area contributed by atoms with Crippen LogP contribution in [0, 0.1) is 0 Å². The van der Waals surface area contributed by atoms with Crippen LogP contribution < -0.4 is 0 Å². The SMILES string of the molecule is OOOSc1cc(O)c2ccccc2c1. The first kappa shape index (κ1) is 10.3. The molecule has 0 radical (unpaired) electrons. The lowest BCUT2D eigenvalue weighted by molar-refractivity contribution is -0.432. The summed E-state index contributed by atoms with van der Waals surface area (Å²) in [5, 5.41) is 22.8. The highest BCUT2D eigenvalue weighted by Crippen LogP contribution is 2.31. The van der Waals surface area contributed by atoms with E-state index in [9.17, 15) is 5.11 Å². The first-order chi connectivity index (χ1) is 7.31. The van der Waals surface area contributed by atoms with Crippen LogP contribution in [0.15, 0.2) is 41.3 Å². The van der Waals surface area contributed by atoms with Crippen molar-refractivity contribution < 1.29 is 19.7 Å². The summed E-state index contributed by atoms with van der Waals surface area (Å²) in [7, 11) is 0. The topological polar surface area (TPSA) is 58.9 Å². The van der Waals surface area contributed by atoms with Gasteiger partial charge in [0.25, 0.3) is 0 Å². The smallest absolute Gasteiger partial charge is 0.124 e. The lowest BCUT2D eigenvalue weighted by atomic mass is 10.1. The Labute approximate surface area is 90.1 Å². The molecule has 0 spiro atoms. The second-order valence-corrected chi connectivity index (χ2v) is 3.66. The van der Waals surface area contributed by atoms with E-state index in [1.54, 1.807) is 0 Å². The van der Waals surface area contributed by atoms with E-state index in [0.717, 1.165) is 22.8 Å². The maximum atomic E-state index is 9.68. The van der Waals surface area contributed by atoms with E-state index < -0.39 is 0 Å². The first-order valence-electron chi connectivity index (χ1n) is 4.18. The third kappa shape index (κ3) is 2.21. The minimum Gasteiger partial charge on any atom is -0.507 e. The van der Waals surface area contributed by atoms with Crippen molar-refractivity contribution in [1.82, 2.24) is 0 Å². The van der Waals surface area contributed by atoms with Crippen molar-refractivity contribution >= 4 is 22.8 Å². The first-order valence-corrected chi connectivity index (χ1v) is 4.92. The molecule has 15 heavy (non-hydrogen) atoms. The molecule has 2 rings (SSSR count). The van der Waals surface area contributed by atoms with Crippen LogP contribution in [0.4, 0.5) is 0 Å². The van der Waals surface area contributed by atoms with Gasteiger partial charge in [-0.3, -0.25) is 0 Å². The Morgan fingerprint density at radius 1 is 1.13 bits per heavy atom. The van der Waals surface area contributed by atoms with E-state index in [0.29, 0.717) is 4.90 Å². The highest BCUT2D eigenvalue weighted by atomic mass is 32.2. The van der Waals surface area contributed by atoms with Gasteiger partial charge in [0.05, 0.1) is 12.0 Å². The van der Waals surface area contributed by atoms with Crippen molar-refractivity contribution in [3.63, 3.8) is 0 Å². The van der Waals surface area contributed by atoms with Crippen molar-refractivity contribution in [3.05, 3.63) is 36.4 Å². The van der Waals surface area contributed by atoms with Crippen molar-refractivity contribution in [1.29, 1.82) is 0 Å². The summed E-state index contributed by atoms with van der Waals surface area (Å²) in [5.41, 5.74) is 0. The zero-order valence-corrected chi connectivity index (χ0v) is 8.40. The summed E-state index contributed by atoms with van der Waals surface area (Å²) in [6.07, 6.45) is 0. The molecule has 0 amide bonds. The maximum absolute atomic E-state index is 9.68. The molecule has 0 unspecified atom stereocenters. The van der Waals surface area contributed by atoms with E-state index in [1.807, 2.05) is 30.3 Å². The van der Waals surface area contributed by atoms with Gasteiger partial charge in [0.2, 0.25) is 0 Å². The normalized spacial score (nSPS) is 10.7. The second-order valence-electron chi connectivity index (χ2n) is 2.89. The number of phenols is 1. The molecule has 2 aromatic rings. The molecule has 0 aliphatic rings. The minimum atomic E-state index is 0.164. The van der Waals surface area contributed by atoms with Gasteiger partial charge in [-0.1, -0.05) is 29.3 Å². The summed E-state index contributed by atoms with van der Waals surface area (Å²) in [4.78, 5) is 0.639. The molecule has 0 aliphatic heterocycles. The van der Waals surface area contributed by atoms with Crippen LogP contribution in [0.3, 0.4) is 0 Å². The van der Waals surface area contributed by atoms with Crippen LogP contribution in [0.25, 0.3) is 10.8 Å². The van der Waals surface area contributed by atoms with Crippen LogP contribution >= 0.6 is 12.0 Å². The molecule has 0 atom stereocenters. The Morgan fingerprint density at radius 3 is 2.73 bits per heavy atom. The molecule has 2 N–H and O–H groups in total. The van der Waals surface area contributed by atoms with Crippen LogP contribution in [0.5, 0.6) is 5.75 Å². The summed E-state index contributed by atoms with van der Waals surface area (Å²) < 4.78 is 4.28. The van der Waals surface area contributed by atoms with Crippen molar-refractivity contribution in [2.45, 2.75) is 4.90 Å². The largest absolute Gasteiger partial charge is 0.507 e. The second kappa shape index (κ2) is 4.50. The molecule has 0 saturated carbocycles. The van der Waals surface area contributed by atoms with Gasteiger partial charge in [0, 0.05) is 10.3 Å². The van der Waals surface area contributed by atoms with E-state index in [-0.39, 0.29) is 5.75 Å². The predicted octanol–water partition coefficient (Wildman–Crippen LogP) is 2.97. The van der Waals surface area contributed by atoms with Gasteiger partial charge in [-0.25, -0.2) is 5.26 Å². The quantitative estimate of drug-likeness (QED) is 0.477. The molecule has 0 aromatic heterocycles. The predicted molar refractivity (Wildman–Crippen MR) is 56.3 cm³/mol. The Balaban J connectivity index is 2.43. The molecule has 0 aliphatic carbocycles. The molecule has 0 fully saturated rings. The Hall–Kier alpha value is -1.27. The van der Waals surface area contributed by atoms with Gasteiger partial charge >= 0.3 is 0 Å². The maximum Gasteiger partial charge on any atom is 0.124 e. The zero-order valence-electron chi connectivity index (χ0n) is 7.58. The average molecular weight is 224 g/mol. The average Bonchev–Trinajstić information content (AvgIpc) is 2.26. The molecular formula is C10H8O4S. The summed E-state index contributed by atoms with van der Waals surface area (Å²) in [5.74, 6) is 0.164. The highest BCUT2D eigenvalue weighted by Gasteiger charge is 2.03. The number of rotatable bonds is 3. The van der Waals surface area contributed by atoms with E-state index in [2.05, 4.69) is 9.37 Å². The van der Waals surface area contributed by atoms with Gasteiger partial charge in [-0.05, 0) is 17.5 Å². The Bertz CT molecular complexity index is 472. The van der Waals surface area contributed by atoms with E-state index >= 15 is 0 Å². The summed E-state index contributed by atoms with van der Waals surface area (Å²) in [6, 6.07) is 10.8. The molecular weight excluding hydrogens is 216 g/mol. The Morgan fingerprint density at radius 2 is 1.93 bits per heavy atom. The van der Waals surface area contributed by atoms with Crippen LogP contribution in [-0.2, 0) is 9.37 Å². The van der Waals surface area contributed by atoms with Gasteiger partial charge in [0.1, 0.15) is 5.75 Å². The fourth-order valence-electron chi connectivity index (χ4n) is 1.37. The van der Waals surface area contributed by atoms with E-state index in [4.69, 9.17) is 5.26 Å². The monoisotopic (exact) mass is 224 g/mol. The fraction of sp³-hybridized carbons (Fsp3) is 0. The Kier molecular flexibility index (Phi) is 3.08. The van der Waals surface area contributed by atoms with E-state index in [1.165, 1.54) is 6.07 Å². The zero-order chi connectivity index (χ0) is 10.7. The molecule has 0 heterocycles. The fourth-order valence-corrected chi connectivity index (χ4v) is 1.81. The van der Waals surface area contributed by atoms with Gasteiger partial charge in [-0.2, -0.15) is 0 Å². The van der Waals surface area contributed by atoms with Crippen LogP contribution in [0.2, 0.25) is 0 Å². The highest BCUT2D eigenvalue weighted by molar-refractivity contribution is 7.94. The van der Waals surface area contributed by atoms with Crippen molar-refractivity contribution in [3.8, 4) is 5.75 Å². The summed E-state index contributed by atoms with van der Waals surface area (Å²) in [6.45, 7) is 0.